The predicted molar refractivity (Wildman–Crippen MR) is 91.7 cm³/mol. The fourth-order valence-corrected chi connectivity index (χ4v) is 3.73. The molecular formula is C16H24N4O2S. The van der Waals surface area contributed by atoms with Crippen molar-refractivity contribution >= 4 is 9.84 Å². The zero-order valence-corrected chi connectivity index (χ0v) is 14.9. The molecule has 6 nitrogen and oxygen atoms in total. The number of nitrogens with zero attached hydrogens (tertiary/aromatic N) is 4. The van der Waals surface area contributed by atoms with E-state index in [2.05, 4.69) is 15.1 Å². The molecular weight excluding hydrogens is 312 g/mol. The normalized spacial score (nSPS) is 13.4. The molecule has 1 unspecified atom stereocenters. The monoisotopic (exact) mass is 336 g/mol. The minimum atomic E-state index is -3.00. The molecule has 2 rings (SSSR count). The lowest BCUT2D eigenvalue weighted by Gasteiger charge is -2.26. The molecule has 1 aromatic heterocycles. The van der Waals surface area contributed by atoms with Crippen LogP contribution in [0.2, 0.25) is 0 Å². The highest BCUT2D eigenvalue weighted by atomic mass is 32.2. The first-order chi connectivity index (χ1) is 10.8. The van der Waals surface area contributed by atoms with Gasteiger partial charge in [0.25, 0.3) is 0 Å². The lowest BCUT2D eigenvalue weighted by atomic mass is 10.2. The van der Waals surface area contributed by atoms with E-state index in [0.29, 0.717) is 6.54 Å². The Hall–Kier alpha value is -1.73. The molecule has 1 heterocycles. The minimum absolute atomic E-state index is 0.0631. The van der Waals surface area contributed by atoms with E-state index >= 15 is 0 Å². The molecule has 0 saturated heterocycles. The molecule has 2 aromatic rings. The standard InChI is InChI=1S/C16H24N4O2S/c1-5-20(13(2)12-23(4,21)22)11-15-17-18-16(19(15)3)14-9-7-6-8-10-14/h6-10,13H,5,11-12H2,1-4H3. The Kier molecular flexibility index (Phi) is 5.54. The zero-order valence-electron chi connectivity index (χ0n) is 14.1. The molecule has 0 saturated carbocycles. The van der Waals surface area contributed by atoms with Crippen molar-refractivity contribution < 1.29 is 8.42 Å². The van der Waals surface area contributed by atoms with E-state index in [4.69, 9.17) is 0 Å². The third-order valence-electron chi connectivity index (χ3n) is 3.92. The van der Waals surface area contributed by atoms with E-state index in [-0.39, 0.29) is 11.8 Å². The summed E-state index contributed by atoms with van der Waals surface area (Å²) in [5.74, 6) is 1.78. The summed E-state index contributed by atoms with van der Waals surface area (Å²) in [6.07, 6.45) is 1.27. The Morgan fingerprint density at radius 3 is 2.43 bits per heavy atom. The summed E-state index contributed by atoms with van der Waals surface area (Å²) in [5, 5.41) is 8.56. The molecule has 0 N–H and O–H groups in total. The van der Waals surface area contributed by atoms with E-state index in [0.717, 1.165) is 23.8 Å². The van der Waals surface area contributed by atoms with Crippen molar-refractivity contribution in [3.8, 4) is 11.4 Å². The molecule has 0 fully saturated rings. The van der Waals surface area contributed by atoms with Crippen LogP contribution in [0.3, 0.4) is 0 Å². The Morgan fingerprint density at radius 2 is 1.87 bits per heavy atom. The van der Waals surface area contributed by atoms with Gasteiger partial charge >= 0.3 is 0 Å². The van der Waals surface area contributed by atoms with Crippen LogP contribution < -0.4 is 0 Å². The van der Waals surface area contributed by atoms with E-state index in [1.165, 1.54) is 6.26 Å². The number of hydrogen-bond acceptors (Lipinski definition) is 5. The van der Waals surface area contributed by atoms with Gasteiger partial charge in [-0.1, -0.05) is 37.3 Å². The lowest BCUT2D eigenvalue weighted by Crippen LogP contribution is -2.37. The average Bonchev–Trinajstić information content (AvgIpc) is 2.84. The van der Waals surface area contributed by atoms with Crippen LogP contribution in [0.15, 0.2) is 30.3 Å². The fraction of sp³-hybridized carbons (Fsp3) is 0.500. The molecule has 0 aliphatic rings. The van der Waals surface area contributed by atoms with Gasteiger partial charge in [-0.15, -0.1) is 10.2 Å². The molecule has 0 aliphatic heterocycles. The van der Waals surface area contributed by atoms with Crippen molar-refractivity contribution in [3.63, 3.8) is 0 Å². The summed E-state index contributed by atoms with van der Waals surface area (Å²) in [7, 11) is -1.07. The van der Waals surface area contributed by atoms with Gasteiger partial charge in [0.05, 0.1) is 12.3 Å². The van der Waals surface area contributed by atoms with Crippen LogP contribution in [0.5, 0.6) is 0 Å². The van der Waals surface area contributed by atoms with Gasteiger partial charge in [0.1, 0.15) is 15.7 Å². The molecule has 0 spiro atoms. The maximum Gasteiger partial charge on any atom is 0.163 e. The minimum Gasteiger partial charge on any atom is -0.313 e. The van der Waals surface area contributed by atoms with Crippen molar-refractivity contribution in [3.05, 3.63) is 36.2 Å². The molecule has 126 valence electrons. The topological polar surface area (TPSA) is 68.1 Å². The molecule has 0 radical (unpaired) electrons. The largest absolute Gasteiger partial charge is 0.313 e. The smallest absolute Gasteiger partial charge is 0.163 e. The Balaban J connectivity index is 2.18. The maximum absolute atomic E-state index is 11.5. The van der Waals surface area contributed by atoms with Gasteiger partial charge in [0, 0.05) is 24.9 Å². The van der Waals surface area contributed by atoms with E-state index in [1.807, 2.05) is 55.8 Å². The van der Waals surface area contributed by atoms with Crippen molar-refractivity contribution in [2.24, 2.45) is 7.05 Å². The zero-order chi connectivity index (χ0) is 17.0. The van der Waals surface area contributed by atoms with Crippen LogP contribution in [-0.2, 0) is 23.4 Å². The number of rotatable bonds is 7. The third-order valence-corrected chi connectivity index (χ3v) is 5.00. The molecule has 7 heteroatoms. The number of benzene rings is 1. The van der Waals surface area contributed by atoms with Crippen LogP contribution in [0.4, 0.5) is 0 Å². The highest BCUT2D eigenvalue weighted by molar-refractivity contribution is 7.90. The van der Waals surface area contributed by atoms with Crippen LogP contribution in [0.25, 0.3) is 11.4 Å². The van der Waals surface area contributed by atoms with Crippen LogP contribution in [0.1, 0.15) is 19.7 Å². The SMILES string of the molecule is CCN(Cc1nnc(-c2ccccc2)n1C)C(C)CS(C)(=O)=O. The average molecular weight is 336 g/mol. The van der Waals surface area contributed by atoms with Crippen molar-refractivity contribution in [2.45, 2.75) is 26.4 Å². The third kappa shape index (κ3) is 4.62. The first-order valence-electron chi connectivity index (χ1n) is 7.67. The fourth-order valence-electron chi connectivity index (χ4n) is 2.64. The summed E-state index contributed by atoms with van der Waals surface area (Å²) in [6.45, 7) is 5.28. The van der Waals surface area contributed by atoms with E-state index in [9.17, 15) is 8.42 Å². The van der Waals surface area contributed by atoms with Crippen LogP contribution in [-0.4, -0.2) is 52.7 Å². The van der Waals surface area contributed by atoms with E-state index in [1.54, 1.807) is 0 Å². The van der Waals surface area contributed by atoms with Crippen molar-refractivity contribution in [1.29, 1.82) is 0 Å². The van der Waals surface area contributed by atoms with Gasteiger partial charge in [-0.25, -0.2) is 8.42 Å². The molecule has 0 bridgehead atoms. The summed E-state index contributed by atoms with van der Waals surface area (Å²) in [5.41, 5.74) is 1.01. The van der Waals surface area contributed by atoms with Gasteiger partial charge in [0.2, 0.25) is 0 Å². The van der Waals surface area contributed by atoms with Gasteiger partial charge in [0.15, 0.2) is 5.82 Å². The van der Waals surface area contributed by atoms with Gasteiger partial charge in [-0.05, 0) is 13.5 Å². The Bertz CT molecular complexity index is 741. The summed E-state index contributed by atoms with van der Waals surface area (Å²) in [6, 6.07) is 9.83. The highest BCUT2D eigenvalue weighted by Crippen LogP contribution is 2.18. The molecule has 1 atom stereocenters. The van der Waals surface area contributed by atoms with Crippen LogP contribution in [0, 0.1) is 0 Å². The maximum atomic E-state index is 11.5. The molecule has 0 aliphatic carbocycles. The molecule has 23 heavy (non-hydrogen) atoms. The van der Waals surface area contributed by atoms with Gasteiger partial charge in [-0.2, -0.15) is 0 Å². The van der Waals surface area contributed by atoms with Gasteiger partial charge < -0.3 is 4.57 Å². The number of hydrogen-bond donors (Lipinski definition) is 0. The number of sulfone groups is 1. The molecule has 1 aromatic carbocycles. The highest BCUT2D eigenvalue weighted by Gasteiger charge is 2.20. The van der Waals surface area contributed by atoms with Crippen molar-refractivity contribution in [2.75, 3.05) is 18.6 Å². The Morgan fingerprint density at radius 1 is 1.22 bits per heavy atom. The Labute approximate surface area is 138 Å². The first-order valence-corrected chi connectivity index (χ1v) is 9.73. The molecule has 0 amide bonds. The summed E-state index contributed by atoms with van der Waals surface area (Å²) >= 11 is 0. The lowest BCUT2D eigenvalue weighted by molar-refractivity contribution is 0.218. The summed E-state index contributed by atoms with van der Waals surface area (Å²) in [4.78, 5) is 2.10. The second-order valence-corrected chi connectivity index (χ2v) is 8.05. The second kappa shape index (κ2) is 7.23. The first kappa shape index (κ1) is 17.6. The van der Waals surface area contributed by atoms with Gasteiger partial charge in [-0.3, -0.25) is 4.90 Å². The van der Waals surface area contributed by atoms with Crippen LogP contribution >= 0.6 is 0 Å². The second-order valence-electron chi connectivity index (χ2n) is 5.87. The van der Waals surface area contributed by atoms with E-state index < -0.39 is 9.84 Å². The quantitative estimate of drug-likeness (QED) is 0.770. The van der Waals surface area contributed by atoms with Crippen molar-refractivity contribution in [1.82, 2.24) is 19.7 Å². The summed E-state index contributed by atoms with van der Waals surface area (Å²) < 4.78 is 25.0. The predicted octanol–water partition coefficient (Wildman–Crippen LogP) is 1.74. The number of aromatic nitrogens is 3.